The number of nitrogens with one attached hydrogen (secondary N) is 1. The van der Waals surface area contributed by atoms with Crippen LogP contribution in [-0.4, -0.2) is 10.2 Å². The third-order valence-electron chi connectivity index (χ3n) is 1.87. The molecule has 0 saturated heterocycles. The summed E-state index contributed by atoms with van der Waals surface area (Å²) < 4.78 is 14.0. The fourth-order valence-corrected chi connectivity index (χ4v) is 1.72. The number of fused-ring (bicyclic) bond motifs is 1. The molecule has 2 aromatic rings. The van der Waals surface area contributed by atoms with Crippen molar-refractivity contribution in [1.82, 2.24) is 10.2 Å². The molecular weight excluding hydrogens is 270 g/mol. The van der Waals surface area contributed by atoms with Crippen LogP contribution in [-0.2, 0) is 0 Å². The van der Waals surface area contributed by atoms with Crippen LogP contribution in [0.4, 0.5) is 4.39 Å². The van der Waals surface area contributed by atoms with E-state index in [9.17, 15) is 4.39 Å². The molecule has 0 atom stereocenters. The van der Waals surface area contributed by atoms with Crippen LogP contribution in [0.3, 0.4) is 0 Å². The number of halogens is 2. The van der Waals surface area contributed by atoms with E-state index in [0.717, 1.165) is 14.6 Å². The molecule has 0 amide bonds. The lowest BCUT2D eigenvalue weighted by molar-refractivity contribution is 0.620. The zero-order valence-electron chi connectivity index (χ0n) is 6.36. The third-order valence-corrected chi connectivity index (χ3v) is 2.69. The number of benzene rings is 1. The summed E-state index contributed by atoms with van der Waals surface area (Å²) in [5.74, 6) is -0.203. The van der Waals surface area contributed by atoms with E-state index in [-0.39, 0.29) is 5.82 Å². The highest BCUT2D eigenvalue weighted by Crippen LogP contribution is 2.22. The lowest BCUT2D eigenvalue weighted by Crippen LogP contribution is -1.82. The minimum atomic E-state index is -0.203. The quantitative estimate of drug-likeness (QED) is 0.736. The Kier molecular flexibility index (Phi) is 1.79. The van der Waals surface area contributed by atoms with Crippen molar-refractivity contribution >= 4 is 33.5 Å². The van der Waals surface area contributed by atoms with Gasteiger partial charge >= 0.3 is 0 Å². The summed E-state index contributed by atoms with van der Waals surface area (Å²) in [5.41, 5.74) is 1.33. The largest absolute Gasteiger partial charge is 0.271 e. The van der Waals surface area contributed by atoms with Crippen molar-refractivity contribution in [2.75, 3.05) is 0 Å². The SMILES string of the molecule is Cc1c(F)ccc2c(I)[nH]nc12. The Balaban J connectivity index is 2.93. The van der Waals surface area contributed by atoms with Gasteiger partial charge in [-0.25, -0.2) is 4.39 Å². The zero-order valence-corrected chi connectivity index (χ0v) is 8.52. The third kappa shape index (κ3) is 1.01. The van der Waals surface area contributed by atoms with Crippen molar-refractivity contribution in [3.05, 3.63) is 27.2 Å². The number of rotatable bonds is 0. The van der Waals surface area contributed by atoms with Crippen LogP contribution in [0.2, 0.25) is 0 Å². The number of H-pyrrole nitrogens is 1. The molecule has 1 aromatic carbocycles. The molecule has 1 N–H and O–H groups in total. The second-order valence-electron chi connectivity index (χ2n) is 2.61. The van der Waals surface area contributed by atoms with Gasteiger partial charge in [-0.15, -0.1) is 0 Å². The topological polar surface area (TPSA) is 28.7 Å². The van der Waals surface area contributed by atoms with E-state index < -0.39 is 0 Å². The van der Waals surface area contributed by atoms with Crippen LogP contribution in [0, 0.1) is 16.4 Å². The summed E-state index contributed by atoms with van der Waals surface area (Å²) in [6.07, 6.45) is 0. The standard InChI is InChI=1S/C8H6FIN2/c1-4-6(9)3-2-5-7(4)11-12-8(5)10/h2-3H,1H3,(H,11,12). The maximum Gasteiger partial charge on any atom is 0.128 e. The van der Waals surface area contributed by atoms with E-state index in [1.54, 1.807) is 13.0 Å². The van der Waals surface area contributed by atoms with Gasteiger partial charge in [-0.2, -0.15) is 5.10 Å². The van der Waals surface area contributed by atoms with Gasteiger partial charge < -0.3 is 0 Å². The summed E-state index contributed by atoms with van der Waals surface area (Å²) in [5, 5.41) is 7.80. The molecule has 0 aliphatic rings. The monoisotopic (exact) mass is 276 g/mol. The first-order valence-corrected chi connectivity index (χ1v) is 4.56. The van der Waals surface area contributed by atoms with Crippen molar-refractivity contribution in [1.29, 1.82) is 0 Å². The van der Waals surface area contributed by atoms with Crippen molar-refractivity contribution in [2.45, 2.75) is 6.92 Å². The number of aryl methyl sites for hydroxylation is 1. The normalized spacial score (nSPS) is 10.9. The predicted molar refractivity (Wildman–Crippen MR) is 53.5 cm³/mol. The van der Waals surface area contributed by atoms with Gasteiger partial charge in [0.1, 0.15) is 9.52 Å². The van der Waals surface area contributed by atoms with Crippen molar-refractivity contribution in [2.24, 2.45) is 0 Å². The Morgan fingerprint density at radius 3 is 3.00 bits per heavy atom. The maximum atomic E-state index is 13.0. The predicted octanol–water partition coefficient (Wildman–Crippen LogP) is 2.62. The van der Waals surface area contributed by atoms with Gasteiger partial charge in [0.25, 0.3) is 0 Å². The minimum absolute atomic E-state index is 0.203. The van der Waals surface area contributed by atoms with Gasteiger partial charge in [0, 0.05) is 10.9 Å². The molecule has 0 unspecified atom stereocenters. The van der Waals surface area contributed by atoms with Crippen LogP contribution in [0.15, 0.2) is 12.1 Å². The molecule has 0 bridgehead atoms. The van der Waals surface area contributed by atoms with Gasteiger partial charge in [0.15, 0.2) is 0 Å². The van der Waals surface area contributed by atoms with Gasteiger partial charge in [-0.1, -0.05) is 0 Å². The molecule has 0 aliphatic heterocycles. The Morgan fingerprint density at radius 2 is 2.25 bits per heavy atom. The van der Waals surface area contributed by atoms with Gasteiger partial charge in [0.05, 0.1) is 5.52 Å². The molecule has 12 heavy (non-hydrogen) atoms. The first-order chi connectivity index (χ1) is 5.70. The average molecular weight is 276 g/mol. The Morgan fingerprint density at radius 1 is 1.50 bits per heavy atom. The second kappa shape index (κ2) is 2.69. The molecule has 0 spiro atoms. The fourth-order valence-electron chi connectivity index (χ4n) is 1.16. The molecule has 0 saturated carbocycles. The molecular formula is C8H6FIN2. The molecule has 1 aromatic heterocycles. The number of hydrogen-bond acceptors (Lipinski definition) is 1. The maximum absolute atomic E-state index is 13.0. The molecule has 62 valence electrons. The van der Waals surface area contributed by atoms with E-state index in [1.807, 2.05) is 0 Å². The average Bonchev–Trinajstić information content (AvgIpc) is 2.41. The highest BCUT2D eigenvalue weighted by Gasteiger charge is 2.07. The van der Waals surface area contributed by atoms with Crippen LogP contribution < -0.4 is 0 Å². The molecule has 0 aliphatic carbocycles. The van der Waals surface area contributed by atoms with Crippen molar-refractivity contribution in [3.8, 4) is 0 Å². The molecule has 1 heterocycles. The van der Waals surface area contributed by atoms with E-state index in [1.165, 1.54) is 6.07 Å². The van der Waals surface area contributed by atoms with E-state index in [4.69, 9.17) is 0 Å². The van der Waals surface area contributed by atoms with Gasteiger partial charge in [0.2, 0.25) is 0 Å². The van der Waals surface area contributed by atoms with Crippen LogP contribution >= 0.6 is 22.6 Å². The van der Waals surface area contributed by atoms with Gasteiger partial charge in [-0.3, -0.25) is 5.10 Å². The number of aromatic nitrogens is 2. The summed E-state index contributed by atoms with van der Waals surface area (Å²) in [7, 11) is 0. The van der Waals surface area contributed by atoms with E-state index in [2.05, 4.69) is 32.8 Å². The molecule has 4 heteroatoms. The Hall–Kier alpha value is -0.650. The minimum Gasteiger partial charge on any atom is -0.271 e. The summed E-state index contributed by atoms with van der Waals surface area (Å²) in [4.78, 5) is 0. The number of nitrogens with zero attached hydrogens (tertiary/aromatic N) is 1. The number of hydrogen-bond donors (Lipinski definition) is 1. The van der Waals surface area contributed by atoms with Crippen LogP contribution in [0.5, 0.6) is 0 Å². The molecule has 2 nitrogen and oxygen atoms in total. The molecule has 0 fully saturated rings. The molecule has 2 rings (SSSR count). The number of aromatic amines is 1. The van der Waals surface area contributed by atoms with Crippen LogP contribution in [0.25, 0.3) is 10.9 Å². The van der Waals surface area contributed by atoms with Gasteiger partial charge in [-0.05, 0) is 41.6 Å². The lowest BCUT2D eigenvalue weighted by atomic mass is 10.1. The zero-order chi connectivity index (χ0) is 8.72. The van der Waals surface area contributed by atoms with Crippen LogP contribution in [0.1, 0.15) is 5.56 Å². The lowest BCUT2D eigenvalue weighted by Gasteiger charge is -1.95. The molecule has 0 radical (unpaired) electrons. The smallest absolute Gasteiger partial charge is 0.128 e. The highest BCUT2D eigenvalue weighted by molar-refractivity contribution is 14.1. The first kappa shape index (κ1) is 7.97. The summed E-state index contributed by atoms with van der Waals surface area (Å²) in [6.45, 7) is 1.73. The van der Waals surface area contributed by atoms with Crippen molar-refractivity contribution < 1.29 is 4.39 Å². The summed E-state index contributed by atoms with van der Waals surface area (Å²) >= 11 is 2.14. The Bertz CT molecular complexity index is 436. The van der Waals surface area contributed by atoms with E-state index >= 15 is 0 Å². The summed E-state index contributed by atoms with van der Waals surface area (Å²) in [6, 6.07) is 3.21. The fraction of sp³-hybridized carbons (Fsp3) is 0.125. The Labute approximate surface area is 82.3 Å². The van der Waals surface area contributed by atoms with Crippen molar-refractivity contribution in [3.63, 3.8) is 0 Å². The first-order valence-electron chi connectivity index (χ1n) is 3.49. The second-order valence-corrected chi connectivity index (χ2v) is 3.68. The van der Waals surface area contributed by atoms with E-state index in [0.29, 0.717) is 5.56 Å². The highest BCUT2D eigenvalue weighted by atomic mass is 127.